The molecule has 0 saturated carbocycles. The normalized spacial score (nSPS) is 11.1. The average Bonchev–Trinajstić information content (AvgIpc) is 3.26. The molecule has 3 aromatic rings. The Morgan fingerprint density at radius 3 is 2.62 bits per heavy atom. The molecule has 1 aromatic heterocycles. The molecule has 166 valence electrons. The van der Waals surface area contributed by atoms with Gasteiger partial charge in [-0.1, -0.05) is 32.1 Å². The Morgan fingerprint density at radius 1 is 1.16 bits per heavy atom. The largest absolute Gasteiger partial charge is 0.491 e. The zero-order valence-corrected chi connectivity index (χ0v) is 18.6. The number of nitrogens with one attached hydrogen (secondary N) is 1. The number of carbonyl (C=O) groups is 2. The van der Waals surface area contributed by atoms with Crippen LogP contribution >= 0.6 is 11.3 Å². The predicted molar refractivity (Wildman–Crippen MR) is 126 cm³/mol. The molecule has 1 amide bonds. The number of nitrogens with zero attached hydrogens (tertiary/aromatic N) is 1. The number of carboxylic acids is 1. The van der Waals surface area contributed by atoms with Gasteiger partial charge in [0, 0.05) is 16.6 Å². The van der Waals surface area contributed by atoms with E-state index in [0.717, 1.165) is 16.3 Å². The van der Waals surface area contributed by atoms with Gasteiger partial charge in [-0.25, -0.2) is 9.78 Å². The van der Waals surface area contributed by atoms with E-state index in [1.54, 1.807) is 17.4 Å². The smallest absolute Gasteiger partial charge is 0.335 e. The minimum Gasteiger partial charge on any atom is -0.491 e. The number of thiazole rings is 1. The lowest BCUT2D eigenvalue weighted by Gasteiger charge is -2.10. The molecule has 0 aliphatic heterocycles. The van der Waals surface area contributed by atoms with Crippen LogP contribution in [0.5, 0.6) is 5.75 Å². The summed E-state index contributed by atoms with van der Waals surface area (Å²) in [6.07, 6.45) is 3.85. The molecule has 0 spiro atoms. The molecular weight excluding hydrogens is 428 g/mol. The lowest BCUT2D eigenvalue weighted by molar-refractivity contribution is 0.0696. The number of anilines is 1. The Kier molecular flexibility index (Phi) is 7.75. The Hall–Kier alpha value is -3.49. The first-order valence-electron chi connectivity index (χ1n) is 10.0. The number of aliphatic hydroxyl groups excluding tert-OH is 1. The zero-order valence-electron chi connectivity index (χ0n) is 17.7. The van der Waals surface area contributed by atoms with Gasteiger partial charge in [-0.05, 0) is 47.9 Å². The van der Waals surface area contributed by atoms with Crippen molar-refractivity contribution in [2.24, 2.45) is 0 Å². The van der Waals surface area contributed by atoms with Gasteiger partial charge in [0.1, 0.15) is 17.4 Å². The SMILES string of the molecule is CC(C)c1csc(/C=C/c2cccc(NC(=O)c3cc(OCCO)cc(C(=O)O)c3)c2)n1. The molecule has 0 atom stereocenters. The van der Waals surface area contributed by atoms with E-state index in [2.05, 4.69) is 24.1 Å². The summed E-state index contributed by atoms with van der Waals surface area (Å²) in [5.41, 5.74) is 2.57. The number of hydrogen-bond acceptors (Lipinski definition) is 6. The molecule has 2 aromatic carbocycles. The number of carboxylic acid groups (broad SMARTS) is 1. The Bertz CT molecular complexity index is 1140. The lowest BCUT2D eigenvalue weighted by Crippen LogP contribution is -2.14. The molecular formula is C24H24N2O5S. The maximum atomic E-state index is 12.7. The third kappa shape index (κ3) is 6.26. The predicted octanol–water partition coefficient (Wildman–Crippen LogP) is 4.76. The summed E-state index contributed by atoms with van der Waals surface area (Å²) in [5, 5.41) is 24.0. The van der Waals surface area contributed by atoms with Crippen LogP contribution in [-0.4, -0.2) is 40.3 Å². The summed E-state index contributed by atoms with van der Waals surface area (Å²) in [7, 11) is 0. The molecule has 0 bridgehead atoms. The third-order valence-corrected chi connectivity index (χ3v) is 5.30. The highest BCUT2D eigenvalue weighted by Crippen LogP contribution is 2.22. The Labute approximate surface area is 190 Å². The van der Waals surface area contributed by atoms with Crippen molar-refractivity contribution in [1.82, 2.24) is 4.98 Å². The number of hydrogen-bond donors (Lipinski definition) is 3. The molecule has 0 aliphatic rings. The van der Waals surface area contributed by atoms with Crippen molar-refractivity contribution in [1.29, 1.82) is 0 Å². The van der Waals surface area contributed by atoms with Crippen molar-refractivity contribution in [2.45, 2.75) is 19.8 Å². The molecule has 1 heterocycles. The van der Waals surface area contributed by atoms with Crippen molar-refractivity contribution < 1.29 is 24.5 Å². The van der Waals surface area contributed by atoms with E-state index in [0.29, 0.717) is 11.6 Å². The van der Waals surface area contributed by atoms with Gasteiger partial charge in [0.25, 0.3) is 5.91 Å². The number of aromatic carboxylic acids is 1. The summed E-state index contributed by atoms with van der Waals surface area (Å²) >= 11 is 1.58. The quantitative estimate of drug-likeness (QED) is 0.432. The average molecular weight is 453 g/mol. The van der Waals surface area contributed by atoms with Gasteiger partial charge in [-0.15, -0.1) is 11.3 Å². The first-order chi connectivity index (χ1) is 15.4. The molecule has 8 heteroatoms. The van der Waals surface area contributed by atoms with Crippen LogP contribution in [0, 0.1) is 0 Å². The fraction of sp³-hybridized carbons (Fsp3) is 0.208. The maximum absolute atomic E-state index is 12.7. The van der Waals surface area contributed by atoms with Crippen molar-refractivity contribution in [3.05, 3.63) is 75.2 Å². The molecule has 32 heavy (non-hydrogen) atoms. The van der Waals surface area contributed by atoms with Crippen LogP contribution in [-0.2, 0) is 0 Å². The van der Waals surface area contributed by atoms with Gasteiger partial charge in [0.15, 0.2) is 0 Å². The summed E-state index contributed by atoms with van der Waals surface area (Å²) in [4.78, 5) is 28.7. The van der Waals surface area contributed by atoms with Gasteiger partial charge >= 0.3 is 5.97 Å². The van der Waals surface area contributed by atoms with Crippen LogP contribution in [0.4, 0.5) is 5.69 Å². The highest BCUT2D eigenvalue weighted by atomic mass is 32.1. The highest BCUT2D eigenvalue weighted by Gasteiger charge is 2.14. The lowest BCUT2D eigenvalue weighted by atomic mass is 10.1. The van der Waals surface area contributed by atoms with Crippen LogP contribution in [0.3, 0.4) is 0 Å². The van der Waals surface area contributed by atoms with Gasteiger partial charge in [0.05, 0.1) is 17.9 Å². The Morgan fingerprint density at radius 2 is 1.94 bits per heavy atom. The number of rotatable bonds is 9. The fourth-order valence-corrected chi connectivity index (χ4v) is 3.70. The van der Waals surface area contributed by atoms with Crippen molar-refractivity contribution in [3.63, 3.8) is 0 Å². The van der Waals surface area contributed by atoms with E-state index in [-0.39, 0.29) is 30.1 Å². The molecule has 3 N–H and O–H groups in total. The monoisotopic (exact) mass is 452 g/mol. The number of aromatic nitrogens is 1. The van der Waals surface area contributed by atoms with Crippen molar-refractivity contribution >= 4 is 41.1 Å². The topological polar surface area (TPSA) is 109 Å². The highest BCUT2D eigenvalue weighted by molar-refractivity contribution is 7.10. The van der Waals surface area contributed by atoms with Crippen LogP contribution < -0.4 is 10.1 Å². The van der Waals surface area contributed by atoms with Gasteiger partial charge in [-0.2, -0.15) is 0 Å². The van der Waals surface area contributed by atoms with E-state index < -0.39 is 11.9 Å². The van der Waals surface area contributed by atoms with Gasteiger partial charge < -0.3 is 20.3 Å². The third-order valence-electron chi connectivity index (χ3n) is 4.47. The summed E-state index contributed by atoms with van der Waals surface area (Å²) in [6.45, 7) is 3.97. The van der Waals surface area contributed by atoms with Crippen LogP contribution in [0.1, 0.15) is 56.7 Å². The van der Waals surface area contributed by atoms with Crippen LogP contribution in [0.2, 0.25) is 0 Å². The molecule has 0 unspecified atom stereocenters. The number of amides is 1. The number of benzene rings is 2. The minimum atomic E-state index is -1.18. The second-order valence-corrected chi connectivity index (χ2v) is 8.19. The number of carbonyl (C=O) groups excluding carboxylic acids is 1. The Balaban J connectivity index is 1.76. The second kappa shape index (κ2) is 10.7. The molecule has 3 rings (SSSR count). The molecule has 0 aliphatic carbocycles. The van der Waals surface area contributed by atoms with Crippen LogP contribution in [0.15, 0.2) is 47.8 Å². The van der Waals surface area contributed by atoms with E-state index in [4.69, 9.17) is 9.84 Å². The van der Waals surface area contributed by atoms with Gasteiger partial charge in [0.2, 0.25) is 0 Å². The fourth-order valence-electron chi connectivity index (χ4n) is 2.83. The standard InChI is InChI=1S/C24H24N2O5S/c1-15(2)21-14-32-22(26-21)7-6-16-4-3-5-19(10-16)25-23(28)17-11-18(24(29)30)13-20(12-17)31-9-8-27/h3-7,10-15,27H,8-9H2,1-2H3,(H,25,28)(H,29,30)/b7-6+. The maximum Gasteiger partial charge on any atom is 0.335 e. The minimum absolute atomic E-state index is 0.00370. The summed E-state index contributed by atoms with van der Waals surface area (Å²) in [5.74, 6) is -1.07. The second-order valence-electron chi connectivity index (χ2n) is 7.30. The number of ether oxygens (including phenoxy) is 1. The zero-order chi connectivity index (χ0) is 23.1. The summed E-state index contributed by atoms with van der Waals surface area (Å²) in [6, 6.07) is 11.3. The number of aliphatic hydroxyl groups is 1. The summed E-state index contributed by atoms with van der Waals surface area (Å²) < 4.78 is 5.29. The first kappa shape index (κ1) is 23.2. The van der Waals surface area contributed by atoms with E-state index in [1.807, 2.05) is 35.7 Å². The molecule has 0 fully saturated rings. The molecule has 0 radical (unpaired) electrons. The molecule has 7 nitrogen and oxygen atoms in total. The molecule has 0 saturated heterocycles. The first-order valence-corrected chi connectivity index (χ1v) is 10.9. The van der Waals surface area contributed by atoms with E-state index in [1.165, 1.54) is 18.2 Å². The van der Waals surface area contributed by atoms with E-state index in [9.17, 15) is 14.7 Å². The van der Waals surface area contributed by atoms with Gasteiger partial charge in [-0.3, -0.25) is 4.79 Å². The van der Waals surface area contributed by atoms with Crippen molar-refractivity contribution in [2.75, 3.05) is 18.5 Å². The van der Waals surface area contributed by atoms with E-state index >= 15 is 0 Å². The van der Waals surface area contributed by atoms with Crippen LogP contribution in [0.25, 0.3) is 12.2 Å². The van der Waals surface area contributed by atoms with Crippen molar-refractivity contribution in [3.8, 4) is 5.75 Å².